The molecule has 2 aliphatic carbocycles. The van der Waals surface area contributed by atoms with Gasteiger partial charge in [-0.15, -0.1) is 0 Å². The van der Waals surface area contributed by atoms with Gasteiger partial charge in [0.1, 0.15) is 0 Å². The Kier molecular flexibility index (Phi) is 4.49. The van der Waals surface area contributed by atoms with Gasteiger partial charge in [0.05, 0.1) is 17.1 Å². The standard InChI is InChI=1S/C27H29N7/c28-24-19-6-2-1-5-18(19)15-27(24)11-9-17(10-12-27)21-16-30-23-25(31-21)32-33-26(23)34-14-4-7-20-22(34)8-3-13-29-20/h1-3,5-6,8,13,16-17,24H,4,7,9-12,14-15,28H2,(H,31,32,33)/t17-,24?,27-. The van der Waals surface area contributed by atoms with E-state index in [1.54, 1.807) is 0 Å². The van der Waals surface area contributed by atoms with Gasteiger partial charge in [0.2, 0.25) is 0 Å². The predicted octanol–water partition coefficient (Wildman–Crippen LogP) is 4.73. The van der Waals surface area contributed by atoms with E-state index in [1.807, 2.05) is 18.5 Å². The molecule has 0 radical (unpaired) electrons. The lowest BCUT2D eigenvalue weighted by atomic mass is 9.66. The Balaban J connectivity index is 1.13. The van der Waals surface area contributed by atoms with Gasteiger partial charge in [0, 0.05) is 30.9 Å². The molecule has 3 N–H and O–H groups in total. The molecule has 1 aliphatic heterocycles. The van der Waals surface area contributed by atoms with E-state index in [4.69, 9.17) is 15.7 Å². The summed E-state index contributed by atoms with van der Waals surface area (Å²) in [5, 5.41) is 7.78. The molecule has 0 bridgehead atoms. The number of rotatable bonds is 2. The number of aromatic nitrogens is 5. The molecule has 3 aliphatic rings. The minimum atomic E-state index is 0.148. The molecule has 7 heteroatoms. The minimum absolute atomic E-state index is 0.148. The third kappa shape index (κ3) is 2.99. The maximum Gasteiger partial charge on any atom is 0.183 e. The number of aryl methyl sites for hydroxylation is 1. The molecule has 4 heterocycles. The van der Waals surface area contributed by atoms with Gasteiger partial charge in [-0.2, -0.15) is 5.10 Å². The second-order valence-corrected chi connectivity index (χ2v) is 10.3. The molecule has 1 fully saturated rings. The zero-order chi connectivity index (χ0) is 22.7. The van der Waals surface area contributed by atoms with Gasteiger partial charge in [-0.25, -0.2) is 9.97 Å². The lowest BCUT2D eigenvalue weighted by molar-refractivity contribution is 0.148. The van der Waals surface area contributed by atoms with E-state index >= 15 is 0 Å². The first-order valence-electron chi connectivity index (χ1n) is 12.5. The fraction of sp³-hybridized carbons (Fsp3) is 0.407. The summed E-state index contributed by atoms with van der Waals surface area (Å²) in [7, 11) is 0. The van der Waals surface area contributed by atoms with E-state index in [1.165, 1.54) is 11.1 Å². The van der Waals surface area contributed by atoms with Gasteiger partial charge < -0.3 is 10.6 Å². The summed E-state index contributed by atoms with van der Waals surface area (Å²) in [5.74, 6) is 1.27. The summed E-state index contributed by atoms with van der Waals surface area (Å²) in [5.41, 5.74) is 14.7. The monoisotopic (exact) mass is 451 g/mol. The molecule has 3 aromatic heterocycles. The van der Waals surface area contributed by atoms with E-state index in [2.05, 4.69) is 50.4 Å². The Labute approximate surface area is 198 Å². The minimum Gasteiger partial charge on any atom is -0.323 e. The molecule has 0 saturated heterocycles. The molecular weight excluding hydrogens is 422 g/mol. The molecular formula is C27H29N7. The summed E-state index contributed by atoms with van der Waals surface area (Å²) in [6.45, 7) is 0.912. The molecule has 1 aromatic carbocycles. The van der Waals surface area contributed by atoms with Crippen molar-refractivity contribution in [3.8, 4) is 0 Å². The largest absolute Gasteiger partial charge is 0.323 e. The van der Waals surface area contributed by atoms with Crippen molar-refractivity contribution in [2.45, 2.75) is 56.9 Å². The van der Waals surface area contributed by atoms with Gasteiger partial charge in [-0.05, 0) is 73.6 Å². The molecule has 7 nitrogen and oxygen atoms in total. The Hall–Kier alpha value is -3.32. The first-order chi connectivity index (χ1) is 16.7. The molecule has 172 valence electrons. The lowest BCUT2D eigenvalue weighted by Crippen LogP contribution is -2.35. The molecule has 1 unspecified atom stereocenters. The molecule has 0 amide bonds. The van der Waals surface area contributed by atoms with Crippen molar-refractivity contribution in [2.24, 2.45) is 11.1 Å². The van der Waals surface area contributed by atoms with E-state index in [0.29, 0.717) is 5.92 Å². The third-order valence-electron chi connectivity index (χ3n) is 8.47. The van der Waals surface area contributed by atoms with Crippen LogP contribution >= 0.6 is 0 Å². The van der Waals surface area contributed by atoms with Crippen molar-refractivity contribution in [1.82, 2.24) is 25.1 Å². The number of benzene rings is 1. The summed E-state index contributed by atoms with van der Waals surface area (Å²) in [6, 6.07) is 13.0. The molecule has 1 saturated carbocycles. The number of H-pyrrole nitrogens is 1. The first-order valence-corrected chi connectivity index (χ1v) is 12.5. The Morgan fingerprint density at radius 2 is 1.94 bits per heavy atom. The van der Waals surface area contributed by atoms with Crippen LogP contribution in [0.5, 0.6) is 0 Å². The quantitative estimate of drug-likeness (QED) is 0.457. The van der Waals surface area contributed by atoms with Crippen LogP contribution in [0.3, 0.4) is 0 Å². The number of hydrogen-bond donors (Lipinski definition) is 2. The second kappa shape index (κ2) is 7.60. The summed E-state index contributed by atoms with van der Waals surface area (Å²) in [4.78, 5) is 16.6. The molecule has 34 heavy (non-hydrogen) atoms. The smallest absolute Gasteiger partial charge is 0.183 e. The first kappa shape index (κ1) is 20.1. The Morgan fingerprint density at radius 1 is 1.06 bits per heavy atom. The van der Waals surface area contributed by atoms with Gasteiger partial charge >= 0.3 is 0 Å². The second-order valence-electron chi connectivity index (χ2n) is 10.3. The van der Waals surface area contributed by atoms with Crippen molar-refractivity contribution in [3.05, 3.63) is 71.3 Å². The van der Waals surface area contributed by atoms with E-state index in [0.717, 1.165) is 85.5 Å². The normalized spacial score (nSPS) is 26.1. The highest BCUT2D eigenvalue weighted by Crippen LogP contribution is 2.55. The van der Waals surface area contributed by atoms with Crippen molar-refractivity contribution < 1.29 is 0 Å². The van der Waals surface area contributed by atoms with E-state index < -0.39 is 0 Å². The van der Waals surface area contributed by atoms with Crippen LogP contribution in [0.1, 0.15) is 66.6 Å². The average Bonchev–Trinajstić information content (AvgIpc) is 3.43. The number of hydrogen-bond acceptors (Lipinski definition) is 6. The van der Waals surface area contributed by atoms with E-state index in [-0.39, 0.29) is 11.5 Å². The summed E-state index contributed by atoms with van der Waals surface area (Å²) < 4.78 is 0. The van der Waals surface area contributed by atoms with Crippen LogP contribution < -0.4 is 10.6 Å². The zero-order valence-electron chi connectivity index (χ0n) is 19.2. The maximum absolute atomic E-state index is 6.77. The van der Waals surface area contributed by atoms with Crippen LogP contribution in [0.15, 0.2) is 48.8 Å². The summed E-state index contributed by atoms with van der Waals surface area (Å²) >= 11 is 0. The molecule has 4 aromatic rings. The van der Waals surface area contributed by atoms with Crippen LogP contribution in [0.25, 0.3) is 11.2 Å². The van der Waals surface area contributed by atoms with Crippen LogP contribution in [0, 0.1) is 5.41 Å². The number of aromatic amines is 1. The Bertz CT molecular complexity index is 1370. The summed E-state index contributed by atoms with van der Waals surface area (Å²) in [6.07, 6.45) is 11.5. The lowest BCUT2D eigenvalue weighted by Gasteiger charge is -2.40. The Morgan fingerprint density at radius 3 is 2.82 bits per heavy atom. The highest BCUT2D eigenvalue weighted by Gasteiger charge is 2.46. The molecule has 7 rings (SSSR count). The van der Waals surface area contributed by atoms with Crippen molar-refractivity contribution >= 4 is 22.7 Å². The number of fused-ring (bicyclic) bond motifs is 3. The van der Waals surface area contributed by atoms with Gasteiger partial charge in [0.15, 0.2) is 17.0 Å². The van der Waals surface area contributed by atoms with E-state index in [9.17, 15) is 0 Å². The SMILES string of the molecule is NC1c2ccccc2C[C@]12CC[C@@H](c1cnc3c(N4CCCc5ncccc54)n[nH]c3n1)CC2. The predicted molar refractivity (Wildman–Crippen MR) is 132 cm³/mol. The molecule has 1 atom stereocenters. The topological polar surface area (TPSA) is 96.6 Å². The number of pyridine rings is 1. The van der Waals surface area contributed by atoms with Crippen molar-refractivity contribution in [1.29, 1.82) is 0 Å². The van der Waals surface area contributed by atoms with Crippen LogP contribution in [0.4, 0.5) is 11.5 Å². The van der Waals surface area contributed by atoms with Gasteiger partial charge in [-0.3, -0.25) is 10.1 Å². The van der Waals surface area contributed by atoms with Gasteiger partial charge in [-0.1, -0.05) is 24.3 Å². The number of anilines is 2. The van der Waals surface area contributed by atoms with Crippen LogP contribution in [-0.4, -0.2) is 31.7 Å². The van der Waals surface area contributed by atoms with Crippen LogP contribution in [0.2, 0.25) is 0 Å². The fourth-order valence-electron chi connectivity index (χ4n) is 6.59. The van der Waals surface area contributed by atoms with Gasteiger partial charge in [0.25, 0.3) is 0 Å². The average molecular weight is 452 g/mol. The number of nitrogens with two attached hydrogens (primary N) is 1. The van der Waals surface area contributed by atoms with Crippen molar-refractivity contribution in [2.75, 3.05) is 11.4 Å². The van der Waals surface area contributed by atoms with Crippen molar-refractivity contribution in [3.63, 3.8) is 0 Å². The molecule has 1 spiro atoms. The maximum atomic E-state index is 6.77. The zero-order valence-corrected chi connectivity index (χ0v) is 19.2. The highest BCUT2D eigenvalue weighted by atomic mass is 15.3. The number of nitrogens with one attached hydrogen (secondary N) is 1. The number of nitrogens with zero attached hydrogens (tertiary/aromatic N) is 5. The highest BCUT2D eigenvalue weighted by molar-refractivity contribution is 5.86. The van der Waals surface area contributed by atoms with Crippen LogP contribution in [-0.2, 0) is 12.8 Å². The third-order valence-corrected chi connectivity index (χ3v) is 8.47. The fourth-order valence-corrected chi connectivity index (χ4v) is 6.59.